The highest BCUT2D eigenvalue weighted by Gasteiger charge is 2.36. The van der Waals surface area contributed by atoms with E-state index in [9.17, 15) is 18.4 Å². The van der Waals surface area contributed by atoms with Crippen LogP contribution in [0.1, 0.15) is 18.5 Å². The van der Waals surface area contributed by atoms with Crippen molar-refractivity contribution >= 4 is 23.6 Å². The maximum atomic E-state index is 12.6. The largest absolute Gasteiger partial charge is 0.493 e. The van der Waals surface area contributed by atoms with E-state index in [0.717, 1.165) is 0 Å². The molecule has 1 heterocycles. The van der Waals surface area contributed by atoms with Crippen LogP contribution in [0.2, 0.25) is 5.02 Å². The second-order valence-electron chi connectivity index (χ2n) is 5.69. The zero-order chi connectivity index (χ0) is 21.0. The van der Waals surface area contributed by atoms with Gasteiger partial charge in [0.15, 0.2) is 11.5 Å². The highest BCUT2D eigenvalue weighted by Crippen LogP contribution is 2.41. The van der Waals surface area contributed by atoms with Crippen molar-refractivity contribution in [1.82, 2.24) is 10.2 Å². The van der Waals surface area contributed by atoms with E-state index in [0.29, 0.717) is 11.3 Å². The number of nitrogens with zero attached hydrogens (tertiary/aromatic N) is 1. The first-order valence-electron chi connectivity index (χ1n) is 8.05. The lowest BCUT2D eigenvalue weighted by Crippen LogP contribution is -2.48. The Morgan fingerprint density at radius 3 is 2.64 bits per heavy atom. The van der Waals surface area contributed by atoms with E-state index in [1.165, 1.54) is 37.3 Å². The Hall–Kier alpha value is -2.81. The second kappa shape index (κ2) is 8.92. The molecule has 1 aliphatic heterocycles. The summed E-state index contributed by atoms with van der Waals surface area (Å²) < 4.78 is 39.6. The molecule has 2 amide bonds. The van der Waals surface area contributed by atoms with Crippen LogP contribution in [0.5, 0.6) is 11.5 Å². The standard InChI is InChI=1S/C18H19ClF2N2O5/c1-5-6-23-9(2)13(16(24)27-4)14(22-18(23)25)10-7-11(19)15(28-17(20)21)12(8-10)26-3/h5,7-8,14,17H,1,6H2,2-4H3,(H,22,25)/t14-/m1/s1. The van der Waals surface area contributed by atoms with Gasteiger partial charge in [-0.2, -0.15) is 8.78 Å². The number of benzene rings is 1. The van der Waals surface area contributed by atoms with Crippen molar-refractivity contribution in [3.8, 4) is 11.5 Å². The van der Waals surface area contributed by atoms with Gasteiger partial charge in [-0.05, 0) is 24.6 Å². The normalized spacial score (nSPS) is 16.8. The molecule has 1 N–H and O–H groups in total. The first-order chi connectivity index (χ1) is 13.2. The number of carbonyl (C=O) groups excluding carboxylic acids is 2. The zero-order valence-electron chi connectivity index (χ0n) is 15.4. The van der Waals surface area contributed by atoms with Gasteiger partial charge in [0, 0.05) is 12.2 Å². The number of carbonyl (C=O) groups is 2. The van der Waals surface area contributed by atoms with Crippen LogP contribution in [0.4, 0.5) is 13.6 Å². The number of hydrogen-bond donors (Lipinski definition) is 1. The molecule has 1 aliphatic rings. The number of halogens is 3. The van der Waals surface area contributed by atoms with Gasteiger partial charge in [0.25, 0.3) is 0 Å². The lowest BCUT2D eigenvalue weighted by molar-refractivity contribution is -0.136. The van der Waals surface area contributed by atoms with Crippen molar-refractivity contribution in [2.45, 2.75) is 19.6 Å². The lowest BCUT2D eigenvalue weighted by atomic mass is 9.94. The summed E-state index contributed by atoms with van der Waals surface area (Å²) in [7, 11) is 2.46. The first-order valence-corrected chi connectivity index (χ1v) is 8.43. The van der Waals surface area contributed by atoms with E-state index < -0.39 is 24.7 Å². The predicted molar refractivity (Wildman–Crippen MR) is 97.5 cm³/mol. The van der Waals surface area contributed by atoms with E-state index in [1.54, 1.807) is 6.92 Å². The summed E-state index contributed by atoms with van der Waals surface area (Å²) in [6.45, 7) is 2.25. The second-order valence-corrected chi connectivity index (χ2v) is 6.09. The number of ether oxygens (including phenoxy) is 3. The molecule has 0 aliphatic carbocycles. The summed E-state index contributed by atoms with van der Waals surface area (Å²) >= 11 is 6.08. The smallest absolute Gasteiger partial charge is 0.387 e. The van der Waals surface area contributed by atoms with Gasteiger partial charge in [0.05, 0.1) is 30.9 Å². The van der Waals surface area contributed by atoms with Gasteiger partial charge in [-0.15, -0.1) is 6.58 Å². The van der Waals surface area contributed by atoms with E-state index in [-0.39, 0.29) is 28.6 Å². The number of allylic oxidation sites excluding steroid dienone is 1. The molecule has 0 aromatic heterocycles. The Labute approximate surface area is 165 Å². The fourth-order valence-corrected chi connectivity index (χ4v) is 3.13. The molecule has 0 saturated carbocycles. The Morgan fingerprint density at radius 1 is 1.43 bits per heavy atom. The van der Waals surface area contributed by atoms with E-state index >= 15 is 0 Å². The average molecular weight is 417 g/mol. The molecule has 1 aromatic carbocycles. The fraction of sp³-hybridized carbons (Fsp3) is 0.333. The van der Waals surface area contributed by atoms with Crippen LogP contribution in [0.3, 0.4) is 0 Å². The fourth-order valence-electron chi connectivity index (χ4n) is 2.86. The predicted octanol–water partition coefficient (Wildman–Crippen LogP) is 3.65. The number of rotatable bonds is 7. The van der Waals surface area contributed by atoms with Crippen molar-refractivity contribution in [3.63, 3.8) is 0 Å². The lowest BCUT2D eigenvalue weighted by Gasteiger charge is -2.35. The number of hydrogen-bond acceptors (Lipinski definition) is 5. The van der Waals surface area contributed by atoms with Crippen LogP contribution >= 0.6 is 11.6 Å². The highest BCUT2D eigenvalue weighted by atomic mass is 35.5. The minimum Gasteiger partial charge on any atom is -0.493 e. The number of alkyl halides is 2. The third-order valence-corrected chi connectivity index (χ3v) is 4.39. The van der Waals surface area contributed by atoms with Gasteiger partial charge in [-0.3, -0.25) is 4.90 Å². The van der Waals surface area contributed by atoms with Crippen LogP contribution < -0.4 is 14.8 Å². The maximum absolute atomic E-state index is 12.6. The van der Waals surface area contributed by atoms with Gasteiger partial charge in [-0.1, -0.05) is 17.7 Å². The molecule has 0 spiro atoms. The van der Waals surface area contributed by atoms with Crippen LogP contribution in [-0.4, -0.2) is 44.3 Å². The number of nitrogens with one attached hydrogen (secondary N) is 1. The van der Waals surface area contributed by atoms with Gasteiger partial charge >= 0.3 is 18.6 Å². The van der Waals surface area contributed by atoms with E-state index in [1.807, 2.05) is 0 Å². The maximum Gasteiger partial charge on any atom is 0.387 e. The molecular formula is C18H19ClF2N2O5. The topological polar surface area (TPSA) is 77.1 Å². The Morgan fingerprint density at radius 2 is 2.11 bits per heavy atom. The molecule has 1 atom stereocenters. The summed E-state index contributed by atoms with van der Waals surface area (Å²) in [5, 5.41) is 2.51. The third-order valence-electron chi connectivity index (χ3n) is 4.11. The van der Waals surface area contributed by atoms with Crippen molar-refractivity contribution in [1.29, 1.82) is 0 Å². The summed E-state index contributed by atoms with van der Waals surface area (Å²) in [4.78, 5) is 26.2. The number of amides is 2. The van der Waals surface area contributed by atoms with Crippen LogP contribution in [-0.2, 0) is 9.53 Å². The minimum absolute atomic E-state index is 0.0764. The molecule has 0 saturated heterocycles. The summed E-state index contributed by atoms with van der Waals surface area (Å²) in [6.07, 6.45) is 1.51. The summed E-state index contributed by atoms with van der Waals surface area (Å²) in [5.74, 6) is -1.09. The van der Waals surface area contributed by atoms with Crippen LogP contribution in [0, 0.1) is 0 Å². The molecule has 152 valence electrons. The highest BCUT2D eigenvalue weighted by molar-refractivity contribution is 6.32. The quantitative estimate of drug-likeness (QED) is 0.542. The van der Waals surface area contributed by atoms with Gasteiger partial charge in [0.2, 0.25) is 0 Å². The molecule has 1 aromatic rings. The number of urea groups is 1. The van der Waals surface area contributed by atoms with Crippen molar-refractivity contribution < 1.29 is 32.6 Å². The Kier molecular flexibility index (Phi) is 6.85. The first kappa shape index (κ1) is 21.5. The Balaban J connectivity index is 2.61. The van der Waals surface area contributed by atoms with Crippen LogP contribution in [0.15, 0.2) is 36.1 Å². The molecule has 28 heavy (non-hydrogen) atoms. The van der Waals surface area contributed by atoms with E-state index in [2.05, 4.69) is 16.6 Å². The molecule has 0 radical (unpaired) electrons. The van der Waals surface area contributed by atoms with Gasteiger partial charge in [0.1, 0.15) is 0 Å². The van der Waals surface area contributed by atoms with Crippen molar-refractivity contribution in [3.05, 3.63) is 46.6 Å². The molecular weight excluding hydrogens is 398 g/mol. The molecule has 7 nitrogen and oxygen atoms in total. The number of esters is 1. The van der Waals surface area contributed by atoms with Crippen LogP contribution in [0.25, 0.3) is 0 Å². The molecule has 2 rings (SSSR count). The van der Waals surface area contributed by atoms with Crippen molar-refractivity contribution in [2.75, 3.05) is 20.8 Å². The molecule has 10 heteroatoms. The van der Waals surface area contributed by atoms with Crippen molar-refractivity contribution in [2.24, 2.45) is 0 Å². The number of methoxy groups -OCH3 is 2. The average Bonchev–Trinajstić information content (AvgIpc) is 2.65. The Bertz CT molecular complexity index is 828. The van der Waals surface area contributed by atoms with Gasteiger partial charge in [-0.25, -0.2) is 9.59 Å². The molecule has 0 unspecified atom stereocenters. The zero-order valence-corrected chi connectivity index (χ0v) is 16.2. The van der Waals surface area contributed by atoms with E-state index in [4.69, 9.17) is 21.1 Å². The SMILES string of the molecule is C=CCN1C(=O)N[C@H](c2cc(Cl)c(OC(F)F)c(OC)c2)C(C(=O)OC)=C1C. The van der Waals surface area contributed by atoms with Gasteiger partial charge < -0.3 is 19.5 Å². The summed E-state index contributed by atoms with van der Waals surface area (Å²) in [6, 6.07) is 1.26. The third kappa shape index (κ3) is 4.19. The molecule has 0 bridgehead atoms. The minimum atomic E-state index is -3.10. The molecule has 0 fully saturated rings. The monoisotopic (exact) mass is 416 g/mol. The summed E-state index contributed by atoms with van der Waals surface area (Å²) in [5.41, 5.74) is 0.850.